The SMILES string of the molecule is CC(=O)c1c(Nc2ncccc2C)oc(C)cc1=O. The monoisotopic (exact) mass is 258 g/mol. The molecule has 0 aromatic carbocycles. The maximum Gasteiger partial charge on any atom is 0.213 e. The predicted molar refractivity (Wildman–Crippen MR) is 72.0 cm³/mol. The third-order valence-electron chi connectivity index (χ3n) is 2.66. The van der Waals surface area contributed by atoms with Crippen LogP contribution in [-0.4, -0.2) is 10.8 Å². The summed E-state index contributed by atoms with van der Waals surface area (Å²) in [7, 11) is 0. The van der Waals surface area contributed by atoms with Crippen LogP contribution in [0.25, 0.3) is 0 Å². The molecule has 0 aliphatic heterocycles. The first kappa shape index (κ1) is 13.0. The molecule has 0 saturated heterocycles. The lowest BCUT2D eigenvalue weighted by Gasteiger charge is -2.10. The van der Waals surface area contributed by atoms with Crippen LogP contribution < -0.4 is 10.7 Å². The Labute approximate surface area is 110 Å². The van der Waals surface area contributed by atoms with Gasteiger partial charge in [-0.1, -0.05) is 6.07 Å². The first-order valence-corrected chi connectivity index (χ1v) is 5.83. The molecule has 2 aromatic heterocycles. The van der Waals surface area contributed by atoms with E-state index in [1.54, 1.807) is 19.2 Å². The van der Waals surface area contributed by atoms with Crippen molar-refractivity contribution in [2.45, 2.75) is 20.8 Å². The van der Waals surface area contributed by atoms with E-state index >= 15 is 0 Å². The van der Waals surface area contributed by atoms with Crippen LogP contribution in [0.2, 0.25) is 0 Å². The Morgan fingerprint density at radius 1 is 1.37 bits per heavy atom. The second kappa shape index (κ2) is 5.06. The second-order valence-corrected chi connectivity index (χ2v) is 4.28. The number of hydrogen-bond acceptors (Lipinski definition) is 5. The van der Waals surface area contributed by atoms with Gasteiger partial charge in [-0.15, -0.1) is 0 Å². The molecular weight excluding hydrogens is 244 g/mol. The number of carbonyl (C=O) groups is 1. The van der Waals surface area contributed by atoms with Gasteiger partial charge in [-0.25, -0.2) is 4.98 Å². The van der Waals surface area contributed by atoms with Crippen molar-refractivity contribution in [3.63, 3.8) is 0 Å². The summed E-state index contributed by atoms with van der Waals surface area (Å²) in [6, 6.07) is 4.97. The number of nitrogens with one attached hydrogen (secondary N) is 1. The molecule has 2 aromatic rings. The van der Waals surface area contributed by atoms with E-state index in [9.17, 15) is 9.59 Å². The molecule has 0 atom stereocenters. The van der Waals surface area contributed by atoms with Gasteiger partial charge < -0.3 is 9.73 Å². The number of pyridine rings is 1. The smallest absolute Gasteiger partial charge is 0.213 e. The van der Waals surface area contributed by atoms with Gasteiger partial charge in [-0.3, -0.25) is 9.59 Å². The van der Waals surface area contributed by atoms with Crippen LogP contribution >= 0.6 is 0 Å². The molecule has 5 nitrogen and oxygen atoms in total. The minimum atomic E-state index is -0.354. The van der Waals surface area contributed by atoms with Crippen molar-refractivity contribution in [2.24, 2.45) is 0 Å². The zero-order chi connectivity index (χ0) is 14.0. The molecule has 1 N–H and O–H groups in total. The summed E-state index contributed by atoms with van der Waals surface area (Å²) in [4.78, 5) is 27.5. The molecular formula is C14H14N2O3. The highest BCUT2D eigenvalue weighted by molar-refractivity contribution is 5.98. The Morgan fingerprint density at radius 2 is 2.11 bits per heavy atom. The van der Waals surface area contributed by atoms with Gasteiger partial charge in [0.25, 0.3) is 0 Å². The van der Waals surface area contributed by atoms with E-state index in [1.807, 2.05) is 13.0 Å². The molecule has 0 radical (unpaired) electrons. The van der Waals surface area contributed by atoms with E-state index in [-0.39, 0.29) is 22.7 Å². The number of rotatable bonds is 3. The third-order valence-corrected chi connectivity index (χ3v) is 2.66. The first-order chi connectivity index (χ1) is 8.99. The molecule has 2 heterocycles. The lowest BCUT2D eigenvalue weighted by Crippen LogP contribution is -2.15. The number of anilines is 2. The van der Waals surface area contributed by atoms with E-state index in [4.69, 9.17) is 4.42 Å². The summed E-state index contributed by atoms with van der Waals surface area (Å²) in [6.07, 6.45) is 1.62. The summed E-state index contributed by atoms with van der Waals surface area (Å²) < 4.78 is 5.44. The lowest BCUT2D eigenvalue weighted by atomic mass is 10.1. The van der Waals surface area contributed by atoms with Gasteiger partial charge in [0.2, 0.25) is 5.88 Å². The molecule has 2 rings (SSSR count). The van der Waals surface area contributed by atoms with Crippen LogP contribution in [0.1, 0.15) is 28.6 Å². The summed E-state index contributed by atoms with van der Waals surface area (Å²) in [5.41, 5.74) is 0.546. The standard InChI is InChI=1S/C14H14N2O3/c1-8-5-4-6-15-13(8)16-14-12(10(3)17)11(18)7-9(2)19-14/h4-7H,1-3H3,(H,15,16). The molecule has 0 fully saturated rings. The second-order valence-electron chi connectivity index (χ2n) is 4.28. The van der Waals surface area contributed by atoms with Gasteiger partial charge in [-0.2, -0.15) is 0 Å². The van der Waals surface area contributed by atoms with Crippen LogP contribution in [0.5, 0.6) is 0 Å². The molecule has 98 valence electrons. The van der Waals surface area contributed by atoms with Crippen molar-refractivity contribution < 1.29 is 9.21 Å². The minimum absolute atomic E-state index is 0.00986. The predicted octanol–water partition coefficient (Wildman–Crippen LogP) is 2.60. The molecule has 0 aliphatic rings. The zero-order valence-electron chi connectivity index (χ0n) is 11.0. The molecule has 19 heavy (non-hydrogen) atoms. The number of ketones is 1. The average molecular weight is 258 g/mol. The van der Waals surface area contributed by atoms with Crippen molar-refractivity contribution in [3.05, 3.63) is 51.5 Å². The molecule has 5 heteroatoms. The first-order valence-electron chi connectivity index (χ1n) is 5.83. The number of aryl methyl sites for hydroxylation is 2. The van der Waals surface area contributed by atoms with Gasteiger partial charge in [0, 0.05) is 12.3 Å². The van der Waals surface area contributed by atoms with Crippen molar-refractivity contribution >= 4 is 17.5 Å². The number of Topliss-reactive ketones (excluding diaryl/α,β-unsaturated/α-hetero) is 1. The lowest BCUT2D eigenvalue weighted by molar-refractivity contribution is 0.101. The van der Waals surface area contributed by atoms with E-state index in [2.05, 4.69) is 10.3 Å². The van der Waals surface area contributed by atoms with Gasteiger partial charge in [0.1, 0.15) is 17.1 Å². The van der Waals surface area contributed by atoms with Crippen LogP contribution in [0.3, 0.4) is 0 Å². The molecule has 0 spiro atoms. The fourth-order valence-electron chi connectivity index (χ4n) is 1.76. The Balaban J connectivity index is 2.54. The normalized spacial score (nSPS) is 10.3. The highest BCUT2D eigenvalue weighted by Gasteiger charge is 2.16. The maximum absolute atomic E-state index is 11.8. The fraction of sp³-hybridized carbons (Fsp3) is 0.214. The quantitative estimate of drug-likeness (QED) is 0.857. The number of carbonyl (C=O) groups excluding carboxylic acids is 1. The Bertz CT molecular complexity index is 689. The van der Waals surface area contributed by atoms with E-state index in [0.717, 1.165) is 5.56 Å². The van der Waals surface area contributed by atoms with E-state index in [1.165, 1.54) is 13.0 Å². The van der Waals surface area contributed by atoms with Crippen LogP contribution in [0.15, 0.2) is 33.6 Å². The topological polar surface area (TPSA) is 72.2 Å². The van der Waals surface area contributed by atoms with Gasteiger partial charge in [0.05, 0.1) is 0 Å². The van der Waals surface area contributed by atoms with Crippen LogP contribution in [0, 0.1) is 13.8 Å². The Morgan fingerprint density at radius 3 is 2.74 bits per heavy atom. The van der Waals surface area contributed by atoms with Gasteiger partial charge >= 0.3 is 0 Å². The largest absolute Gasteiger partial charge is 0.445 e. The highest BCUT2D eigenvalue weighted by atomic mass is 16.4. The molecule has 0 aliphatic carbocycles. The molecule has 0 unspecified atom stereocenters. The van der Waals surface area contributed by atoms with Gasteiger partial charge in [-0.05, 0) is 32.4 Å². The molecule has 0 bridgehead atoms. The average Bonchev–Trinajstić information content (AvgIpc) is 2.30. The van der Waals surface area contributed by atoms with Crippen molar-refractivity contribution in [1.29, 1.82) is 0 Å². The fourth-order valence-corrected chi connectivity index (χ4v) is 1.76. The Hall–Kier alpha value is -2.43. The van der Waals surface area contributed by atoms with Crippen molar-refractivity contribution in [2.75, 3.05) is 5.32 Å². The van der Waals surface area contributed by atoms with E-state index in [0.29, 0.717) is 11.6 Å². The molecule has 0 amide bonds. The van der Waals surface area contributed by atoms with Crippen molar-refractivity contribution in [1.82, 2.24) is 4.98 Å². The third kappa shape index (κ3) is 2.70. The number of aromatic nitrogens is 1. The minimum Gasteiger partial charge on any atom is -0.445 e. The summed E-state index contributed by atoms with van der Waals surface area (Å²) in [5, 5.41) is 2.91. The van der Waals surface area contributed by atoms with Gasteiger partial charge in [0.15, 0.2) is 11.2 Å². The summed E-state index contributed by atoms with van der Waals surface area (Å²) >= 11 is 0. The van der Waals surface area contributed by atoms with Crippen LogP contribution in [0.4, 0.5) is 11.7 Å². The zero-order valence-corrected chi connectivity index (χ0v) is 11.0. The Kier molecular flexibility index (Phi) is 3.46. The number of nitrogens with zero attached hydrogens (tertiary/aromatic N) is 1. The highest BCUT2D eigenvalue weighted by Crippen LogP contribution is 2.21. The van der Waals surface area contributed by atoms with Crippen LogP contribution in [-0.2, 0) is 0 Å². The van der Waals surface area contributed by atoms with E-state index < -0.39 is 0 Å². The maximum atomic E-state index is 11.8. The number of hydrogen-bond donors (Lipinski definition) is 1. The van der Waals surface area contributed by atoms with Crippen molar-refractivity contribution in [3.8, 4) is 0 Å². The molecule has 0 saturated carbocycles. The summed E-state index contributed by atoms with van der Waals surface area (Å²) in [5.74, 6) is 0.786. The summed E-state index contributed by atoms with van der Waals surface area (Å²) in [6.45, 7) is 4.86.